The Morgan fingerprint density at radius 3 is 3.10 bits per heavy atom. The van der Waals surface area contributed by atoms with Crippen LogP contribution in [-0.2, 0) is 4.79 Å². The molecule has 2 heterocycles. The van der Waals surface area contributed by atoms with Crippen molar-refractivity contribution in [1.29, 1.82) is 0 Å². The predicted octanol–water partition coefficient (Wildman–Crippen LogP) is 0.480. The van der Waals surface area contributed by atoms with Crippen molar-refractivity contribution in [2.45, 2.75) is 19.4 Å². The van der Waals surface area contributed by atoms with Crippen molar-refractivity contribution in [3.63, 3.8) is 0 Å². The highest BCUT2D eigenvalue weighted by Gasteiger charge is 2.33. The highest BCUT2D eigenvalue weighted by Crippen LogP contribution is 2.21. The van der Waals surface area contributed by atoms with Crippen LogP contribution in [0.3, 0.4) is 0 Å². The van der Waals surface area contributed by atoms with Crippen LogP contribution in [0.1, 0.15) is 23.7 Å². The number of halogens is 1. The van der Waals surface area contributed by atoms with Crippen LogP contribution in [0.2, 0.25) is 0 Å². The van der Waals surface area contributed by atoms with E-state index in [9.17, 15) is 9.59 Å². The number of hydrogen-bond donors (Lipinski definition) is 3. The topological polar surface area (TPSA) is 100 Å². The number of nitrogens with two attached hydrogens (primary N) is 1. The van der Waals surface area contributed by atoms with Crippen molar-refractivity contribution in [3.8, 4) is 0 Å². The number of nitrogens with zero attached hydrogens (tertiary/aromatic N) is 2. The molecule has 0 spiro atoms. The van der Waals surface area contributed by atoms with Crippen molar-refractivity contribution in [2.75, 3.05) is 18.5 Å². The molecule has 2 amide bonds. The molecule has 1 fully saturated rings. The van der Waals surface area contributed by atoms with Gasteiger partial charge in [-0.05, 0) is 28.4 Å². The Labute approximate surface area is 125 Å². The molecule has 1 aromatic heterocycles. The molecule has 0 aromatic carbocycles. The maximum atomic E-state index is 12.6. The molecule has 0 radical (unpaired) electrons. The standard InChI is InChI=1S/C12H16BrN5O2/c1-2-9-11(19)15-3-4-18(9)12(20)8-5-7(13)6-16-10(8)17-14/h5-6,9H,2-4,14H2,1H3,(H,15,19)(H,16,17). The van der Waals surface area contributed by atoms with Crippen LogP contribution in [0.5, 0.6) is 0 Å². The lowest BCUT2D eigenvalue weighted by Gasteiger charge is -2.34. The number of hydrazine groups is 1. The summed E-state index contributed by atoms with van der Waals surface area (Å²) in [6.45, 7) is 2.80. The monoisotopic (exact) mass is 341 g/mol. The van der Waals surface area contributed by atoms with E-state index in [4.69, 9.17) is 5.84 Å². The van der Waals surface area contributed by atoms with E-state index in [0.717, 1.165) is 0 Å². The van der Waals surface area contributed by atoms with Gasteiger partial charge in [-0.2, -0.15) is 0 Å². The van der Waals surface area contributed by atoms with Crippen molar-refractivity contribution in [2.24, 2.45) is 5.84 Å². The lowest BCUT2D eigenvalue weighted by atomic mass is 10.1. The first-order chi connectivity index (χ1) is 9.58. The zero-order valence-corrected chi connectivity index (χ0v) is 12.6. The maximum Gasteiger partial charge on any atom is 0.258 e. The Morgan fingerprint density at radius 2 is 2.45 bits per heavy atom. The van der Waals surface area contributed by atoms with E-state index in [1.807, 2.05) is 6.92 Å². The van der Waals surface area contributed by atoms with Gasteiger partial charge in [0.2, 0.25) is 5.91 Å². The largest absolute Gasteiger partial charge is 0.353 e. The molecule has 0 bridgehead atoms. The van der Waals surface area contributed by atoms with Crippen molar-refractivity contribution in [1.82, 2.24) is 15.2 Å². The van der Waals surface area contributed by atoms with Crippen LogP contribution < -0.4 is 16.6 Å². The second-order valence-corrected chi connectivity index (χ2v) is 5.32. The maximum absolute atomic E-state index is 12.6. The predicted molar refractivity (Wildman–Crippen MR) is 77.9 cm³/mol. The summed E-state index contributed by atoms with van der Waals surface area (Å²) in [7, 11) is 0. The Bertz CT molecular complexity index is 537. The number of aromatic nitrogens is 1. The van der Waals surface area contributed by atoms with Crippen molar-refractivity contribution >= 4 is 33.6 Å². The van der Waals surface area contributed by atoms with Gasteiger partial charge in [0.25, 0.3) is 5.91 Å². The van der Waals surface area contributed by atoms with Gasteiger partial charge < -0.3 is 15.6 Å². The van der Waals surface area contributed by atoms with Crippen LogP contribution >= 0.6 is 15.9 Å². The van der Waals surface area contributed by atoms with Crippen LogP contribution in [0.4, 0.5) is 5.82 Å². The number of piperazine rings is 1. The van der Waals surface area contributed by atoms with Crippen LogP contribution in [0.15, 0.2) is 16.7 Å². The molecule has 8 heteroatoms. The summed E-state index contributed by atoms with van der Waals surface area (Å²) in [5.74, 6) is 5.29. The molecule has 2 rings (SSSR count). The minimum atomic E-state index is -0.458. The van der Waals surface area contributed by atoms with E-state index < -0.39 is 6.04 Å². The molecule has 1 aliphatic rings. The van der Waals surface area contributed by atoms with Crippen molar-refractivity contribution < 1.29 is 9.59 Å². The van der Waals surface area contributed by atoms with E-state index in [-0.39, 0.29) is 11.8 Å². The summed E-state index contributed by atoms with van der Waals surface area (Å²) < 4.78 is 0.675. The van der Waals surface area contributed by atoms with Gasteiger partial charge in [-0.15, -0.1) is 0 Å². The molecule has 4 N–H and O–H groups in total. The Balaban J connectivity index is 2.34. The Kier molecular flexibility index (Phi) is 4.56. The molecule has 0 aliphatic carbocycles. The van der Waals surface area contributed by atoms with E-state index >= 15 is 0 Å². The second kappa shape index (κ2) is 6.19. The van der Waals surface area contributed by atoms with E-state index in [0.29, 0.717) is 35.4 Å². The minimum absolute atomic E-state index is 0.127. The quantitative estimate of drug-likeness (QED) is 0.548. The number of nitrogen functional groups attached to an aromatic ring is 1. The Morgan fingerprint density at radius 1 is 1.70 bits per heavy atom. The zero-order chi connectivity index (χ0) is 14.7. The molecular weight excluding hydrogens is 326 g/mol. The van der Waals surface area contributed by atoms with Crippen molar-refractivity contribution in [3.05, 3.63) is 22.3 Å². The van der Waals surface area contributed by atoms with Crippen LogP contribution in [-0.4, -0.2) is 40.8 Å². The number of amides is 2. The molecule has 108 valence electrons. The van der Waals surface area contributed by atoms with Gasteiger partial charge in [0.1, 0.15) is 6.04 Å². The molecule has 1 atom stereocenters. The van der Waals surface area contributed by atoms with E-state index in [1.165, 1.54) is 0 Å². The molecule has 1 unspecified atom stereocenters. The minimum Gasteiger partial charge on any atom is -0.353 e. The van der Waals surface area contributed by atoms with E-state index in [1.54, 1.807) is 17.2 Å². The summed E-state index contributed by atoms with van der Waals surface area (Å²) >= 11 is 3.28. The molecule has 1 saturated heterocycles. The van der Waals surface area contributed by atoms with Gasteiger partial charge in [0.05, 0.1) is 5.56 Å². The summed E-state index contributed by atoms with van der Waals surface area (Å²) in [5, 5.41) is 2.76. The molecule has 0 saturated carbocycles. The summed E-state index contributed by atoms with van der Waals surface area (Å²) in [4.78, 5) is 30.1. The average Bonchev–Trinajstić information content (AvgIpc) is 2.46. The molecule has 20 heavy (non-hydrogen) atoms. The molecule has 7 nitrogen and oxygen atoms in total. The van der Waals surface area contributed by atoms with Gasteiger partial charge in [-0.1, -0.05) is 6.92 Å². The lowest BCUT2D eigenvalue weighted by molar-refractivity contribution is -0.127. The summed E-state index contributed by atoms with van der Waals surface area (Å²) in [6.07, 6.45) is 2.11. The second-order valence-electron chi connectivity index (χ2n) is 4.41. The number of hydrogen-bond acceptors (Lipinski definition) is 5. The summed E-state index contributed by atoms with van der Waals surface area (Å²) in [6, 6.07) is 1.19. The normalized spacial score (nSPS) is 18.6. The van der Waals surface area contributed by atoms with Crippen LogP contribution in [0, 0.1) is 0 Å². The number of rotatable bonds is 3. The third-order valence-corrected chi connectivity index (χ3v) is 3.63. The molecule has 1 aromatic rings. The van der Waals surface area contributed by atoms with Gasteiger partial charge in [0.15, 0.2) is 5.82 Å². The smallest absolute Gasteiger partial charge is 0.258 e. The number of carbonyl (C=O) groups excluding carboxylic acids is 2. The highest BCUT2D eigenvalue weighted by molar-refractivity contribution is 9.10. The van der Waals surface area contributed by atoms with E-state index in [2.05, 4.69) is 31.7 Å². The number of carbonyl (C=O) groups is 2. The number of pyridine rings is 1. The fourth-order valence-electron chi connectivity index (χ4n) is 2.24. The fourth-order valence-corrected chi connectivity index (χ4v) is 2.57. The summed E-state index contributed by atoms with van der Waals surface area (Å²) in [5.41, 5.74) is 2.75. The molecule has 1 aliphatic heterocycles. The zero-order valence-electron chi connectivity index (χ0n) is 11.0. The van der Waals surface area contributed by atoms with Gasteiger partial charge in [0, 0.05) is 23.8 Å². The highest BCUT2D eigenvalue weighted by atomic mass is 79.9. The first kappa shape index (κ1) is 14.7. The third kappa shape index (κ3) is 2.75. The first-order valence-corrected chi connectivity index (χ1v) is 7.08. The molecular formula is C12H16BrN5O2. The third-order valence-electron chi connectivity index (χ3n) is 3.20. The number of anilines is 1. The van der Waals surface area contributed by atoms with Crippen LogP contribution in [0.25, 0.3) is 0 Å². The number of nitrogens with one attached hydrogen (secondary N) is 2. The Hall–Kier alpha value is -1.67. The lowest BCUT2D eigenvalue weighted by Crippen LogP contribution is -2.57. The SMILES string of the molecule is CCC1C(=O)NCCN1C(=O)c1cc(Br)cnc1NN. The van der Waals surface area contributed by atoms with Gasteiger partial charge >= 0.3 is 0 Å². The fraction of sp³-hybridized carbons (Fsp3) is 0.417. The van der Waals surface area contributed by atoms with Gasteiger partial charge in [-0.3, -0.25) is 9.59 Å². The first-order valence-electron chi connectivity index (χ1n) is 6.29. The van der Waals surface area contributed by atoms with Gasteiger partial charge in [-0.25, -0.2) is 10.8 Å². The average molecular weight is 342 g/mol.